The van der Waals surface area contributed by atoms with Gasteiger partial charge in [0.15, 0.2) is 0 Å². The number of aromatic nitrogens is 2. The average Bonchev–Trinajstić information content (AvgIpc) is 2.44. The predicted molar refractivity (Wildman–Crippen MR) is 78.0 cm³/mol. The molecule has 1 aromatic rings. The van der Waals surface area contributed by atoms with Crippen molar-refractivity contribution in [1.29, 1.82) is 0 Å². The van der Waals surface area contributed by atoms with Gasteiger partial charge < -0.3 is 15.8 Å². The van der Waals surface area contributed by atoms with Crippen LogP contribution >= 0.6 is 0 Å². The Hall–Kier alpha value is -1.40. The van der Waals surface area contributed by atoms with Crippen LogP contribution in [0.2, 0.25) is 0 Å². The highest BCUT2D eigenvalue weighted by molar-refractivity contribution is 5.47. The molecular formula is C13H25N5O. The van der Waals surface area contributed by atoms with E-state index in [4.69, 9.17) is 5.84 Å². The molecule has 0 spiro atoms. The van der Waals surface area contributed by atoms with Crippen LogP contribution in [0.25, 0.3) is 0 Å². The van der Waals surface area contributed by atoms with Crippen molar-refractivity contribution in [3.8, 4) is 0 Å². The maximum Gasteiger partial charge on any atom is 0.145 e. The van der Waals surface area contributed by atoms with E-state index in [1.807, 2.05) is 27.7 Å². The SMILES string of the molecule is CCC(O)(CC)CNc1cc(NN)nc(C(C)C)n1. The minimum absolute atomic E-state index is 0.213. The van der Waals surface area contributed by atoms with Gasteiger partial charge in [0.1, 0.15) is 17.5 Å². The van der Waals surface area contributed by atoms with Crippen LogP contribution in [0, 0.1) is 0 Å². The van der Waals surface area contributed by atoms with Crippen LogP contribution in [0.15, 0.2) is 6.07 Å². The third kappa shape index (κ3) is 4.33. The largest absolute Gasteiger partial charge is 0.388 e. The number of aliphatic hydroxyl groups is 1. The third-order valence-electron chi connectivity index (χ3n) is 3.32. The highest BCUT2D eigenvalue weighted by atomic mass is 16.3. The Labute approximate surface area is 114 Å². The van der Waals surface area contributed by atoms with E-state index < -0.39 is 5.60 Å². The molecule has 0 radical (unpaired) electrons. The summed E-state index contributed by atoms with van der Waals surface area (Å²) in [5.74, 6) is 7.58. The molecule has 0 saturated heterocycles. The number of hydrogen-bond donors (Lipinski definition) is 4. The smallest absolute Gasteiger partial charge is 0.145 e. The maximum absolute atomic E-state index is 10.2. The zero-order chi connectivity index (χ0) is 14.5. The molecule has 6 heteroatoms. The molecule has 0 unspecified atom stereocenters. The van der Waals surface area contributed by atoms with Crippen molar-refractivity contribution in [3.05, 3.63) is 11.9 Å². The average molecular weight is 267 g/mol. The predicted octanol–water partition coefficient (Wildman–Crippen LogP) is 1.85. The van der Waals surface area contributed by atoms with Crippen molar-refractivity contribution in [3.63, 3.8) is 0 Å². The highest BCUT2D eigenvalue weighted by Gasteiger charge is 2.22. The van der Waals surface area contributed by atoms with Crippen LogP contribution < -0.4 is 16.6 Å². The summed E-state index contributed by atoms with van der Waals surface area (Å²) >= 11 is 0. The molecule has 5 N–H and O–H groups in total. The number of hydrazine groups is 1. The fourth-order valence-electron chi connectivity index (χ4n) is 1.64. The molecule has 108 valence electrons. The van der Waals surface area contributed by atoms with E-state index in [0.29, 0.717) is 31.0 Å². The monoisotopic (exact) mass is 267 g/mol. The number of nitrogen functional groups attached to an aromatic ring is 1. The molecule has 1 rings (SSSR count). The fourth-order valence-corrected chi connectivity index (χ4v) is 1.64. The Bertz CT molecular complexity index is 404. The Kier molecular flexibility index (Phi) is 5.50. The summed E-state index contributed by atoms with van der Waals surface area (Å²) in [5.41, 5.74) is 1.83. The molecule has 0 saturated carbocycles. The van der Waals surface area contributed by atoms with Gasteiger partial charge in [-0.3, -0.25) is 0 Å². The molecule has 0 fully saturated rings. The Balaban J connectivity index is 2.86. The molecule has 6 nitrogen and oxygen atoms in total. The molecule has 19 heavy (non-hydrogen) atoms. The van der Waals surface area contributed by atoms with E-state index in [1.165, 1.54) is 0 Å². The van der Waals surface area contributed by atoms with Crippen LogP contribution in [0.4, 0.5) is 11.6 Å². The molecular weight excluding hydrogens is 242 g/mol. The van der Waals surface area contributed by atoms with Gasteiger partial charge in [0.05, 0.1) is 5.60 Å². The van der Waals surface area contributed by atoms with Crippen molar-refractivity contribution in [2.24, 2.45) is 5.84 Å². The highest BCUT2D eigenvalue weighted by Crippen LogP contribution is 2.19. The minimum atomic E-state index is -0.709. The van der Waals surface area contributed by atoms with Crippen molar-refractivity contribution in [1.82, 2.24) is 9.97 Å². The summed E-state index contributed by atoms with van der Waals surface area (Å²) in [7, 11) is 0. The van der Waals surface area contributed by atoms with Gasteiger partial charge in [-0.25, -0.2) is 15.8 Å². The lowest BCUT2D eigenvalue weighted by Gasteiger charge is -2.25. The third-order valence-corrected chi connectivity index (χ3v) is 3.32. The van der Waals surface area contributed by atoms with Gasteiger partial charge in [-0.05, 0) is 12.8 Å². The maximum atomic E-state index is 10.2. The van der Waals surface area contributed by atoms with Crippen molar-refractivity contribution >= 4 is 11.6 Å². The number of nitrogens with zero attached hydrogens (tertiary/aromatic N) is 2. The number of nitrogens with two attached hydrogens (primary N) is 1. The Morgan fingerprint density at radius 2 is 1.84 bits per heavy atom. The fraction of sp³-hybridized carbons (Fsp3) is 0.692. The van der Waals surface area contributed by atoms with Gasteiger partial charge in [-0.2, -0.15) is 0 Å². The summed E-state index contributed by atoms with van der Waals surface area (Å²) in [6.07, 6.45) is 1.39. The first-order chi connectivity index (χ1) is 8.94. The molecule has 1 heterocycles. The summed E-state index contributed by atoms with van der Waals surface area (Å²) in [5, 5.41) is 13.4. The molecule has 0 aliphatic heterocycles. The van der Waals surface area contributed by atoms with Crippen molar-refractivity contribution < 1.29 is 5.11 Å². The van der Waals surface area contributed by atoms with Gasteiger partial charge in [0, 0.05) is 18.5 Å². The normalized spacial score (nSPS) is 11.7. The van der Waals surface area contributed by atoms with E-state index in [9.17, 15) is 5.11 Å². The summed E-state index contributed by atoms with van der Waals surface area (Å²) in [4.78, 5) is 8.71. The topological polar surface area (TPSA) is 96.1 Å². The second-order valence-electron chi connectivity index (χ2n) is 5.08. The lowest BCUT2D eigenvalue weighted by Crippen LogP contribution is -2.35. The molecule has 0 bridgehead atoms. The molecule has 0 aromatic carbocycles. The number of hydrogen-bond acceptors (Lipinski definition) is 6. The van der Waals surface area contributed by atoms with Gasteiger partial charge in [-0.1, -0.05) is 27.7 Å². The zero-order valence-corrected chi connectivity index (χ0v) is 12.2. The molecule has 0 aliphatic rings. The Morgan fingerprint density at radius 3 is 2.32 bits per heavy atom. The van der Waals surface area contributed by atoms with Crippen LogP contribution in [0.5, 0.6) is 0 Å². The molecule has 1 aromatic heterocycles. The summed E-state index contributed by atoms with van der Waals surface area (Å²) in [6, 6.07) is 1.73. The van der Waals surface area contributed by atoms with E-state index in [1.54, 1.807) is 6.07 Å². The summed E-state index contributed by atoms with van der Waals surface area (Å²) in [6.45, 7) is 8.44. The number of nitrogens with one attached hydrogen (secondary N) is 2. The van der Waals surface area contributed by atoms with E-state index in [2.05, 4.69) is 20.7 Å². The number of anilines is 2. The van der Waals surface area contributed by atoms with Gasteiger partial charge >= 0.3 is 0 Å². The van der Waals surface area contributed by atoms with Crippen LogP contribution in [0.1, 0.15) is 52.3 Å². The lowest BCUT2D eigenvalue weighted by atomic mass is 9.98. The minimum Gasteiger partial charge on any atom is -0.388 e. The lowest BCUT2D eigenvalue weighted by molar-refractivity contribution is 0.0456. The van der Waals surface area contributed by atoms with E-state index in [0.717, 1.165) is 5.82 Å². The molecule has 0 aliphatic carbocycles. The first kappa shape index (κ1) is 15.7. The van der Waals surface area contributed by atoms with Crippen LogP contribution in [-0.4, -0.2) is 27.2 Å². The molecule has 0 atom stereocenters. The van der Waals surface area contributed by atoms with Gasteiger partial charge in [0.25, 0.3) is 0 Å². The first-order valence-electron chi connectivity index (χ1n) is 6.76. The zero-order valence-electron chi connectivity index (χ0n) is 12.2. The molecule has 0 amide bonds. The van der Waals surface area contributed by atoms with E-state index in [-0.39, 0.29) is 5.92 Å². The number of rotatable bonds is 7. The second-order valence-corrected chi connectivity index (χ2v) is 5.08. The van der Waals surface area contributed by atoms with Crippen LogP contribution in [0.3, 0.4) is 0 Å². The second kappa shape index (κ2) is 6.68. The standard InChI is InChI=1S/C13H25N5O/c1-5-13(19,6-2)8-15-10-7-11(18-14)17-12(16-10)9(3)4/h7,9,19H,5-6,8,14H2,1-4H3,(H2,15,16,17,18). The van der Waals surface area contributed by atoms with Gasteiger partial charge in [-0.15, -0.1) is 0 Å². The van der Waals surface area contributed by atoms with Gasteiger partial charge in [0.2, 0.25) is 0 Å². The first-order valence-corrected chi connectivity index (χ1v) is 6.76. The quantitative estimate of drug-likeness (QED) is 0.445. The van der Waals surface area contributed by atoms with Crippen LogP contribution in [-0.2, 0) is 0 Å². The van der Waals surface area contributed by atoms with Crippen molar-refractivity contribution in [2.45, 2.75) is 52.1 Å². The summed E-state index contributed by atoms with van der Waals surface area (Å²) < 4.78 is 0. The Morgan fingerprint density at radius 1 is 1.26 bits per heavy atom. The van der Waals surface area contributed by atoms with E-state index >= 15 is 0 Å². The van der Waals surface area contributed by atoms with Crippen molar-refractivity contribution in [2.75, 3.05) is 17.3 Å².